The molecule has 1 aliphatic heterocycles. The van der Waals surface area contributed by atoms with Gasteiger partial charge in [0.15, 0.2) is 0 Å². The average Bonchev–Trinajstić information content (AvgIpc) is 3.20. The summed E-state index contributed by atoms with van der Waals surface area (Å²) in [6, 6.07) is -0.548. The number of thiophene rings is 1. The minimum atomic E-state index is -0.548. The number of fused-ring (bicyclic) bond motifs is 1. The SMILES string of the molecule is CCNC(=O)C(C)NC(=O)c1csc2c1CCN(Cc1c(C)noc1C)C2. The van der Waals surface area contributed by atoms with Gasteiger partial charge in [0.05, 0.1) is 11.3 Å². The molecule has 2 amide bonds. The number of rotatable bonds is 6. The molecule has 0 fully saturated rings. The number of carbonyl (C=O) groups excluding carboxylic acids is 2. The van der Waals surface area contributed by atoms with Gasteiger partial charge in [0, 0.05) is 42.0 Å². The van der Waals surface area contributed by atoms with Crippen LogP contribution in [-0.2, 0) is 24.3 Å². The van der Waals surface area contributed by atoms with Crippen molar-refractivity contribution < 1.29 is 14.1 Å². The third kappa shape index (κ3) is 4.22. The zero-order valence-corrected chi connectivity index (χ0v) is 17.0. The van der Waals surface area contributed by atoms with Crippen LogP contribution in [0.15, 0.2) is 9.90 Å². The van der Waals surface area contributed by atoms with Crippen LogP contribution in [0.1, 0.15) is 51.7 Å². The van der Waals surface area contributed by atoms with E-state index in [-0.39, 0.29) is 11.8 Å². The standard InChI is InChI=1S/C19H26N4O3S/c1-5-20-18(24)12(3)21-19(25)16-10-27-17-9-23(7-6-14(16)17)8-15-11(2)22-26-13(15)4/h10,12H,5-9H2,1-4H3,(H,20,24)(H,21,25). The summed E-state index contributed by atoms with van der Waals surface area (Å²) in [6.07, 6.45) is 0.820. The third-order valence-electron chi connectivity index (χ3n) is 4.93. The lowest BCUT2D eigenvalue weighted by Crippen LogP contribution is -2.45. The van der Waals surface area contributed by atoms with Crippen molar-refractivity contribution in [3.63, 3.8) is 0 Å². The van der Waals surface area contributed by atoms with Gasteiger partial charge in [-0.2, -0.15) is 0 Å². The monoisotopic (exact) mass is 390 g/mol. The normalized spacial score (nSPS) is 15.3. The van der Waals surface area contributed by atoms with Crippen molar-refractivity contribution in [1.82, 2.24) is 20.7 Å². The summed E-state index contributed by atoms with van der Waals surface area (Å²) in [5.41, 5.74) is 3.88. The zero-order chi connectivity index (χ0) is 19.6. The smallest absolute Gasteiger partial charge is 0.253 e. The molecule has 2 aromatic heterocycles. The van der Waals surface area contributed by atoms with E-state index in [4.69, 9.17) is 4.52 Å². The lowest BCUT2D eigenvalue weighted by molar-refractivity contribution is -0.122. The number of nitrogens with zero attached hydrogens (tertiary/aromatic N) is 2. The molecular weight excluding hydrogens is 364 g/mol. The first-order valence-corrected chi connectivity index (χ1v) is 10.1. The quantitative estimate of drug-likeness (QED) is 0.789. The first-order valence-electron chi connectivity index (χ1n) is 9.22. The van der Waals surface area contributed by atoms with Crippen LogP contribution in [0.4, 0.5) is 0 Å². The van der Waals surface area contributed by atoms with E-state index in [0.29, 0.717) is 12.1 Å². The molecule has 3 heterocycles. The van der Waals surface area contributed by atoms with Crippen molar-refractivity contribution in [2.75, 3.05) is 13.1 Å². The molecule has 0 bridgehead atoms. The molecule has 1 unspecified atom stereocenters. The van der Waals surface area contributed by atoms with Crippen molar-refractivity contribution in [3.8, 4) is 0 Å². The maximum Gasteiger partial charge on any atom is 0.253 e. The second kappa shape index (κ2) is 8.22. The van der Waals surface area contributed by atoms with Gasteiger partial charge in [-0.3, -0.25) is 14.5 Å². The van der Waals surface area contributed by atoms with Crippen molar-refractivity contribution in [2.24, 2.45) is 0 Å². The van der Waals surface area contributed by atoms with Gasteiger partial charge < -0.3 is 15.2 Å². The molecule has 0 radical (unpaired) electrons. The number of aryl methyl sites for hydroxylation is 2. The first-order chi connectivity index (χ1) is 12.9. The number of amides is 2. The lowest BCUT2D eigenvalue weighted by atomic mass is 10.0. The first kappa shape index (κ1) is 19.6. The Bertz CT molecular complexity index is 823. The van der Waals surface area contributed by atoms with E-state index in [9.17, 15) is 9.59 Å². The molecule has 0 spiro atoms. The maximum absolute atomic E-state index is 12.6. The highest BCUT2D eigenvalue weighted by Crippen LogP contribution is 2.30. The summed E-state index contributed by atoms with van der Waals surface area (Å²) in [4.78, 5) is 28.0. The van der Waals surface area contributed by atoms with Gasteiger partial charge in [0.2, 0.25) is 5.91 Å². The fraction of sp³-hybridized carbons (Fsp3) is 0.526. The van der Waals surface area contributed by atoms with Gasteiger partial charge in [0.1, 0.15) is 11.8 Å². The average molecular weight is 391 g/mol. The minimum Gasteiger partial charge on any atom is -0.361 e. The summed E-state index contributed by atoms with van der Waals surface area (Å²) in [6.45, 7) is 10.5. The molecular formula is C19H26N4O3S. The fourth-order valence-corrected chi connectivity index (χ4v) is 4.45. The molecule has 1 aliphatic rings. The van der Waals surface area contributed by atoms with Crippen LogP contribution in [0, 0.1) is 13.8 Å². The zero-order valence-electron chi connectivity index (χ0n) is 16.2. The number of carbonyl (C=O) groups is 2. The van der Waals surface area contributed by atoms with Gasteiger partial charge in [-0.1, -0.05) is 5.16 Å². The molecule has 0 aromatic carbocycles. The maximum atomic E-state index is 12.6. The summed E-state index contributed by atoms with van der Waals surface area (Å²) in [5.74, 6) is 0.523. The molecule has 2 N–H and O–H groups in total. The van der Waals surface area contributed by atoms with Gasteiger partial charge >= 0.3 is 0 Å². The number of aromatic nitrogens is 1. The molecule has 0 saturated carbocycles. The van der Waals surface area contributed by atoms with E-state index in [1.54, 1.807) is 18.3 Å². The van der Waals surface area contributed by atoms with Crippen molar-refractivity contribution >= 4 is 23.2 Å². The fourth-order valence-electron chi connectivity index (χ4n) is 3.33. The van der Waals surface area contributed by atoms with E-state index in [1.807, 2.05) is 26.2 Å². The largest absolute Gasteiger partial charge is 0.361 e. The molecule has 3 rings (SSSR count). The summed E-state index contributed by atoms with van der Waals surface area (Å²) < 4.78 is 5.26. The Kier molecular flexibility index (Phi) is 5.96. The van der Waals surface area contributed by atoms with Crippen LogP contribution in [0.5, 0.6) is 0 Å². The Morgan fingerprint density at radius 3 is 2.85 bits per heavy atom. The Morgan fingerprint density at radius 2 is 2.19 bits per heavy atom. The number of likely N-dealkylation sites (N-methyl/N-ethyl adjacent to an activating group) is 1. The lowest BCUT2D eigenvalue weighted by Gasteiger charge is -2.27. The second-order valence-electron chi connectivity index (χ2n) is 6.90. The van der Waals surface area contributed by atoms with E-state index in [2.05, 4.69) is 20.7 Å². The van der Waals surface area contributed by atoms with Crippen LogP contribution in [0.3, 0.4) is 0 Å². The Labute approximate surface area is 163 Å². The minimum absolute atomic E-state index is 0.166. The van der Waals surface area contributed by atoms with Gasteiger partial charge in [0.25, 0.3) is 5.91 Å². The van der Waals surface area contributed by atoms with Crippen LogP contribution in [-0.4, -0.2) is 41.0 Å². The van der Waals surface area contributed by atoms with Crippen molar-refractivity contribution in [1.29, 1.82) is 0 Å². The Hall–Kier alpha value is -2.19. The summed E-state index contributed by atoms with van der Waals surface area (Å²) in [5, 5.41) is 11.5. The molecule has 8 heteroatoms. The summed E-state index contributed by atoms with van der Waals surface area (Å²) in [7, 11) is 0. The van der Waals surface area contributed by atoms with Crippen LogP contribution in [0.25, 0.3) is 0 Å². The van der Waals surface area contributed by atoms with Crippen molar-refractivity contribution in [2.45, 2.75) is 53.2 Å². The van der Waals surface area contributed by atoms with Crippen LogP contribution in [0.2, 0.25) is 0 Å². The number of hydrogen-bond donors (Lipinski definition) is 2. The molecule has 7 nitrogen and oxygen atoms in total. The summed E-state index contributed by atoms with van der Waals surface area (Å²) >= 11 is 1.61. The molecule has 1 atom stereocenters. The highest BCUT2D eigenvalue weighted by Gasteiger charge is 2.26. The highest BCUT2D eigenvalue weighted by atomic mass is 32.1. The molecule has 146 valence electrons. The van der Waals surface area contributed by atoms with Crippen molar-refractivity contribution in [3.05, 3.63) is 38.4 Å². The van der Waals surface area contributed by atoms with E-state index >= 15 is 0 Å². The van der Waals surface area contributed by atoms with E-state index < -0.39 is 6.04 Å². The number of nitrogens with one attached hydrogen (secondary N) is 2. The van der Waals surface area contributed by atoms with Crippen LogP contribution < -0.4 is 10.6 Å². The topological polar surface area (TPSA) is 87.5 Å². The second-order valence-corrected chi connectivity index (χ2v) is 7.87. The number of hydrogen-bond acceptors (Lipinski definition) is 6. The van der Waals surface area contributed by atoms with Gasteiger partial charge in [-0.25, -0.2) is 0 Å². The van der Waals surface area contributed by atoms with E-state index in [1.165, 1.54) is 4.88 Å². The van der Waals surface area contributed by atoms with Gasteiger partial charge in [-0.05, 0) is 39.7 Å². The highest BCUT2D eigenvalue weighted by molar-refractivity contribution is 7.10. The molecule has 0 saturated heterocycles. The third-order valence-corrected chi connectivity index (χ3v) is 5.94. The Balaban J connectivity index is 1.66. The predicted octanol–water partition coefficient (Wildman–Crippen LogP) is 2.17. The molecule has 0 aliphatic carbocycles. The van der Waals surface area contributed by atoms with E-state index in [0.717, 1.165) is 48.6 Å². The van der Waals surface area contributed by atoms with Gasteiger partial charge in [-0.15, -0.1) is 11.3 Å². The molecule has 2 aromatic rings. The molecule has 27 heavy (non-hydrogen) atoms. The predicted molar refractivity (Wildman–Crippen MR) is 104 cm³/mol. The van der Waals surface area contributed by atoms with Crippen LogP contribution >= 0.6 is 11.3 Å². The Morgan fingerprint density at radius 1 is 1.41 bits per heavy atom.